The van der Waals surface area contributed by atoms with E-state index in [-0.39, 0.29) is 13.2 Å². The molecule has 0 saturated heterocycles. The summed E-state index contributed by atoms with van der Waals surface area (Å²) in [6.07, 6.45) is 40.1. The molecule has 0 atom stereocenters. The molecule has 226 valence electrons. The van der Waals surface area contributed by atoms with Crippen molar-refractivity contribution in [2.24, 2.45) is 0 Å². The summed E-state index contributed by atoms with van der Waals surface area (Å²) in [7, 11) is 0. The van der Waals surface area contributed by atoms with E-state index in [4.69, 9.17) is 14.9 Å². The first-order chi connectivity index (χ1) is 18.3. The minimum absolute atomic E-state index is 0.125. The van der Waals surface area contributed by atoms with Gasteiger partial charge in [-0.1, -0.05) is 181 Å². The summed E-state index contributed by atoms with van der Waals surface area (Å²) in [5.41, 5.74) is 0. The smallest absolute Gasteiger partial charge is 0.0662 e. The Morgan fingerprint density at radius 2 is 0.486 bits per heavy atom. The van der Waals surface area contributed by atoms with Crippen molar-refractivity contribution in [3.63, 3.8) is 0 Å². The van der Waals surface area contributed by atoms with E-state index in [1.165, 1.54) is 180 Å². The van der Waals surface area contributed by atoms with Crippen LogP contribution < -0.4 is 0 Å². The predicted molar refractivity (Wildman–Crippen MR) is 166 cm³/mol. The zero-order valence-electron chi connectivity index (χ0n) is 25.9. The Hall–Kier alpha value is -0.120. The monoisotopic (exact) mass is 529 g/mol. The first-order valence-corrected chi connectivity index (χ1v) is 17.1. The lowest BCUT2D eigenvalue weighted by atomic mass is 10.0. The molecule has 0 amide bonds. The molecule has 0 bridgehead atoms. The van der Waals surface area contributed by atoms with Crippen molar-refractivity contribution in [2.45, 2.75) is 194 Å². The second-order valence-corrected chi connectivity index (χ2v) is 11.3. The highest BCUT2D eigenvalue weighted by Crippen LogP contribution is 2.14. The fourth-order valence-corrected chi connectivity index (χ4v) is 4.90. The van der Waals surface area contributed by atoms with Crippen molar-refractivity contribution < 1.29 is 14.9 Å². The number of hydrogen-bond acceptors (Lipinski definition) is 3. The Kier molecular flexibility index (Phi) is 42.6. The Morgan fingerprint density at radius 1 is 0.297 bits per heavy atom. The quantitative estimate of drug-likeness (QED) is 0.0879. The van der Waals surface area contributed by atoms with Gasteiger partial charge in [-0.15, -0.1) is 0 Å². The van der Waals surface area contributed by atoms with E-state index in [1.54, 1.807) is 0 Å². The Labute approximate surface area is 234 Å². The maximum Gasteiger partial charge on any atom is 0.0662 e. The summed E-state index contributed by atoms with van der Waals surface area (Å²) < 4.78 is 5.85. The molecular formula is C34H72O3. The van der Waals surface area contributed by atoms with Crippen molar-refractivity contribution in [3.05, 3.63) is 0 Å². The van der Waals surface area contributed by atoms with Gasteiger partial charge in [-0.25, -0.2) is 0 Å². The fraction of sp³-hybridized carbons (Fsp3) is 1.00. The number of aliphatic hydroxyl groups excluding tert-OH is 2. The van der Waals surface area contributed by atoms with Gasteiger partial charge in [0.05, 0.1) is 13.2 Å². The highest BCUT2D eigenvalue weighted by Gasteiger charge is 1.96. The van der Waals surface area contributed by atoms with Gasteiger partial charge in [-0.2, -0.15) is 0 Å². The average Bonchev–Trinajstić information content (AvgIpc) is 2.92. The molecule has 0 aliphatic carbocycles. The molecule has 0 rings (SSSR count). The highest BCUT2D eigenvalue weighted by molar-refractivity contribution is 4.51. The third-order valence-corrected chi connectivity index (χ3v) is 7.38. The van der Waals surface area contributed by atoms with Crippen molar-refractivity contribution >= 4 is 0 Å². The van der Waals surface area contributed by atoms with Crippen LogP contribution in [0.25, 0.3) is 0 Å². The Morgan fingerprint density at radius 3 is 0.676 bits per heavy atom. The standard InChI is InChI=1S/C32H66O.C2H6O2/c1-3-5-7-9-11-13-15-17-19-21-23-25-27-29-31-33-32-30-28-26-24-22-20-18-16-14-12-10-8-6-4-2;3-1-2-4/h3-32H2,1-2H3;3-4H,1-2H2. The lowest BCUT2D eigenvalue weighted by Gasteiger charge is -2.05. The summed E-state index contributed by atoms with van der Waals surface area (Å²) >= 11 is 0. The SMILES string of the molecule is CCCCCCCCCCCCCCCCOCCCCCCCCCCCCCCCC.OCCO. The van der Waals surface area contributed by atoms with Crippen LogP contribution in [-0.4, -0.2) is 36.6 Å². The zero-order valence-corrected chi connectivity index (χ0v) is 25.9. The van der Waals surface area contributed by atoms with Gasteiger partial charge in [0.25, 0.3) is 0 Å². The van der Waals surface area contributed by atoms with E-state index >= 15 is 0 Å². The molecule has 0 radical (unpaired) electrons. The van der Waals surface area contributed by atoms with Crippen LogP contribution in [0.5, 0.6) is 0 Å². The van der Waals surface area contributed by atoms with Crippen LogP contribution in [0.1, 0.15) is 194 Å². The van der Waals surface area contributed by atoms with E-state index in [1.807, 2.05) is 0 Å². The minimum atomic E-state index is -0.125. The van der Waals surface area contributed by atoms with Gasteiger partial charge in [-0.3, -0.25) is 0 Å². The summed E-state index contributed by atoms with van der Waals surface area (Å²) in [4.78, 5) is 0. The van der Waals surface area contributed by atoms with Gasteiger partial charge in [0.15, 0.2) is 0 Å². The van der Waals surface area contributed by atoms with Crippen molar-refractivity contribution in [1.82, 2.24) is 0 Å². The molecule has 0 unspecified atom stereocenters. The minimum Gasteiger partial charge on any atom is -0.394 e. The Balaban J connectivity index is 0. The first kappa shape index (κ1) is 39.0. The van der Waals surface area contributed by atoms with Crippen LogP contribution in [0, 0.1) is 0 Å². The van der Waals surface area contributed by atoms with E-state index in [0.29, 0.717) is 0 Å². The second kappa shape index (κ2) is 40.4. The molecule has 0 aliphatic heterocycles. The van der Waals surface area contributed by atoms with Crippen molar-refractivity contribution in [2.75, 3.05) is 26.4 Å². The topological polar surface area (TPSA) is 49.7 Å². The van der Waals surface area contributed by atoms with Crippen molar-refractivity contribution in [1.29, 1.82) is 0 Å². The molecule has 3 nitrogen and oxygen atoms in total. The van der Waals surface area contributed by atoms with Gasteiger partial charge >= 0.3 is 0 Å². The van der Waals surface area contributed by atoms with Gasteiger partial charge in [0.2, 0.25) is 0 Å². The fourth-order valence-electron chi connectivity index (χ4n) is 4.90. The molecule has 37 heavy (non-hydrogen) atoms. The number of rotatable bonds is 31. The number of hydrogen-bond donors (Lipinski definition) is 2. The number of aliphatic hydroxyl groups is 2. The highest BCUT2D eigenvalue weighted by atomic mass is 16.5. The summed E-state index contributed by atoms with van der Waals surface area (Å²) in [6, 6.07) is 0. The molecule has 0 aromatic carbocycles. The molecular weight excluding hydrogens is 456 g/mol. The maximum absolute atomic E-state index is 7.62. The largest absolute Gasteiger partial charge is 0.394 e. The van der Waals surface area contributed by atoms with Crippen LogP contribution in [-0.2, 0) is 4.74 Å². The molecule has 3 heteroatoms. The lowest BCUT2D eigenvalue weighted by Crippen LogP contribution is -1.97. The van der Waals surface area contributed by atoms with Crippen molar-refractivity contribution in [3.8, 4) is 0 Å². The molecule has 0 aromatic rings. The summed E-state index contributed by atoms with van der Waals surface area (Å²) in [5, 5.41) is 15.2. The van der Waals surface area contributed by atoms with E-state index < -0.39 is 0 Å². The van der Waals surface area contributed by atoms with Crippen LogP contribution in [0.4, 0.5) is 0 Å². The molecule has 0 aromatic heterocycles. The van der Waals surface area contributed by atoms with Gasteiger partial charge in [0.1, 0.15) is 0 Å². The summed E-state index contributed by atoms with van der Waals surface area (Å²) in [6.45, 7) is 6.34. The normalized spacial score (nSPS) is 11.0. The molecule has 0 fully saturated rings. The molecule has 0 spiro atoms. The summed E-state index contributed by atoms with van der Waals surface area (Å²) in [5.74, 6) is 0. The number of unbranched alkanes of at least 4 members (excludes halogenated alkanes) is 26. The predicted octanol–water partition coefficient (Wildman–Crippen LogP) is 10.9. The number of ether oxygens (including phenoxy) is 1. The zero-order chi connectivity index (χ0) is 27.3. The third-order valence-electron chi connectivity index (χ3n) is 7.38. The van der Waals surface area contributed by atoms with Crippen LogP contribution >= 0.6 is 0 Å². The van der Waals surface area contributed by atoms with Crippen LogP contribution in [0.2, 0.25) is 0 Å². The van der Waals surface area contributed by atoms with Crippen LogP contribution in [0.3, 0.4) is 0 Å². The van der Waals surface area contributed by atoms with Gasteiger partial charge < -0.3 is 14.9 Å². The lowest BCUT2D eigenvalue weighted by molar-refractivity contribution is 0.125. The molecule has 0 aliphatic rings. The Bertz CT molecular complexity index is 316. The molecule has 2 N–H and O–H groups in total. The van der Waals surface area contributed by atoms with E-state index in [9.17, 15) is 0 Å². The first-order valence-electron chi connectivity index (χ1n) is 17.1. The average molecular weight is 529 g/mol. The molecule has 0 heterocycles. The van der Waals surface area contributed by atoms with E-state index in [2.05, 4.69) is 13.8 Å². The maximum atomic E-state index is 7.62. The van der Waals surface area contributed by atoms with E-state index in [0.717, 1.165) is 13.2 Å². The second-order valence-electron chi connectivity index (χ2n) is 11.3. The van der Waals surface area contributed by atoms with Gasteiger partial charge in [-0.05, 0) is 12.8 Å². The van der Waals surface area contributed by atoms with Gasteiger partial charge in [0, 0.05) is 13.2 Å². The third kappa shape index (κ3) is 43.2. The van der Waals surface area contributed by atoms with Crippen LogP contribution in [0.15, 0.2) is 0 Å². The molecule has 0 saturated carbocycles.